The number of hydrogen-bond donors (Lipinski definition) is 2. The molecular weight excluding hydrogens is 246 g/mol. The second kappa shape index (κ2) is 5.94. The first kappa shape index (κ1) is 13.7. The standard InChI is InChI=1S/C15H22ClNO/c1-3-11-4-6-14(10(11)2)17-9-12-8-13(16)5-7-15(12)18/h5,7-8,10-11,14,17-18H,3-4,6,9H2,1-2H3. The van der Waals surface area contributed by atoms with Crippen LogP contribution < -0.4 is 5.32 Å². The molecule has 2 nitrogen and oxygen atoms in total. The molecule has 1 aromatic rings. The van der Waals surface area contributed by atoms with Gasteiger partial charge in [0.2, 0.25) is 0 Å². The highest BCUT2D eigenvalue weighted by molar-refractivity contribution is 6.30. The maximum Gasteiger partial charge on any atom is 0.120 e. The molecule has 0 bridgehead atoms. The summed E-state index contributed by atoms with van der Waals surface area (Å²) in [6, 6.07) is 5.77. The molecule has 1 fully saturated rings. The summed E-state index contributed by atoms with van der Waals surface area (Å²) in [4.78, 5) is 0. The van der Waals surface area contributed by atoms with Gasteiger partial charge in [0.1, 0.15) is 5.75 Å². The molecule has 3 unspecified atom stereocenters. The average molecular weight is 268 g/mol. The highest BCUT2D eigenvalue weighted by Crippen LogP contribution is 2.34. The molecule has 0 aliphatic heterocycles. The minimum absolute atomic E-state index is 0.324. The quantitative estimate of drug-likeness (QED) is 0.865. The van der Waals surface area contributed by atoms with Crippen LogP contribution in [0.1, 0.15) is 38.7 Å². The first-order valence-electron chi connectivity index (χ1n) is 6.82. The maximum atomic E-state index is 9.77. The molecule has 1 aliphatic carbocycles. The number of phenols is 1. The summed E-state index contributed by atoms with van der Waals surface area (Å²) >= 11 is 5.95. The number of phenolic OH excluding ortho intramolecular Hbond substituents is 1. The second-order valence-electron chi connectivity index (χ2n) is 5.37. The first-order chi connectivity index (χ1) is 8.61. The molecule has 0 radical (unpaired) electrons. The van der Waals surface area contributed by atoms with E-state index in [1.807, 2.05) is 6.07 Å². The third-order valence-corrected chi connectivity index (χ3v) is 4.58. The fourth-order valence-corrected chi connectivity index (χ4v) is 3.24. The number of aromatic hydroxyl groups is 1. The predicted molar refractivity (Wildman–Crippen MR) is 75.9 cm³/mol. The number of benzene rings is 1. The zero-order valence-electron chi connectivity index (χ0n) is 11.1. The van der Waals surface area contributed by atoms with Gasteiger partial charge in [-0.05, 0) is 42.9 Å². The molecule has 2 rings (SSSR count). The average Bonchev–Trinajstić information content (AvgIpc) is 2.71. The second-order valence-corrected chi connectivity index (χ2v) is 5.80. The Labute approximate surface area is 114 Å². The molecule has 2 N–H and O–H groups in total. The van der Waals surface area contributed by atoms with Crippen LogP contribution in [-0.2, 0) is 6.54 Å². The van der Waals surface area contributed by atoms with Crippen molar-refractivity contribution in [3.63, 3.8) is 0 Å². The topological polar surface area (TPSA) is 32.3 Å². The highest BCUT2D eigenvalue weighted by Gasteiger charge is 2.30. The van der Waals surface area contributed by atoms with Gasteiger partial charge in [0, 0.05) is 23.2 Å². The number of rotatable bonds is 4. The van der Waals surface area contributed by atoms with Crippen LogP contribution in [0.4, 0.5) is 0 Å². The molecule has 0 heterocycles. The lowest BCUT2D eigenvalue weighted by Crippen LogP contribution is -2.32. The molecule has 1 aliphatic rings. The lowest BCUT2D eigenvalue weighted by Gasteiger charge is -2.21. The van der Waals surface area contributed by atoms with Crippen LogP contribution in [0.15, 0.2) is 18.2 Å². The Balaban J connectivity index is 1.94. The summed E-state index contributed by atoms with van der Waals surface area (Å²) in [7, 11) is 0. The van der Waals surface area contributed by atoms with Crippen LogP contribution >= 0.6 is 11.6 Å². The zero-order chi connectivity index (χ0) is 13.1. The minimum Gasteiger partial charge on any atom is -0.508 e. The molecule has 100 valence electrons. The molecule has 3 atom stereocenters. The maximum absolute atomic E-state index is 9.77. The van der Waals surface area contributed by atoms with Crippen molar-refractivity contribution in [2.45, 2.75) is 45.7 Å². The van der Waals surface area contributed by atoms with E-state index in [1.165, 1.54) is 19.3 Å². The van der Waals surface area contributed by atoms with Gasteiger partial charge in [-0.2, -0.15) is 0 Å². The Morgan fingerprint density at radius 1 is 1.39 bits per heavy atom. The van der Waals surface area contributed by atoms with Crippen molar-refractivity contribution in [1.82, 2.24) is 5.32 Å². The van der Waals surface area contributed by atoms with E-state index in [2.05, 4.69) is 19.2 Å². The summed E-state index contributed by atoms with van der Waals surface area (Å²) in [5.41, 5.74) is 0.884. The molecule has 0 amide bonds. The first-order valence-corrected chi connectivity index (χ1v) is 7.20. The van der Waals surface area contributed by atoms with Crippen molar-refractivity contribution in [1.29, 1.82) is 0 Å². The van der Waals surface area contributed by atoms with Crippen molar-refractivity contribution < 1.29 is 5.11 Å². The van der Waals surface area contributed by atoms with Gasteiger partial charge in [-0.25, -0.2) is 0 Å². The molecule has 1 aromatic carbocycles. The largest absolute Gasteiger partial charge is 0.508 e. The molecular formula is C15H22ClNO. The van der Waals surface area contributed by atoms with E-state index in [0.29, 0.717) is 23.4 Å². The normalized spacial score (nSPS) is 27.6. The van der Waals surface area contributed by atoms with E-state index >= 15 is 0 Å². The van der Waals surface area contributed by atoms with Crippen molar-refractivity contribution >= 4 is 11.6 Å². The Bertz CT molecular complexity index is 407. The summed E-state index contributed by atoms with van der Waals surface area (Å²) in [6.45, 7) is 5.29. The van der Waals surface area contributed by atoms with Gasteiger partial charge in [0.25, 0.3) is 0 Å². The van der Waals surface area contributed by atoms with Crippen molar-refractivity contribution in [2.24, 2.45) is 11.8 Å². The van der Waals surface area contributed by atoms with E-state index in [9.17, 15) is 5.11 Å². The summed E-state index contributed by atoms with van der Waals surface area (Å²) < 4.78 is 0. The monoisotopic (exact) mass is 267 g/mol. The van der Waals surface area contributed by atoms with Crippen LogP contribution in [0.3, 0.4) is 0 Å². The van der Waals surface area contributed by atoms with Crippen LogP contribution in [0.5, 0.6) is 5.75 Å². The van der Waals surface area contributed by atoms with E-state index in [-0.39, 0.29) is 0 Å². The summed E-state index contributed by atoms with van der Waals surface area (Å²) in [5, 5.41) is 14.0. The smallest absolute Gasteiger partial charge is 0.120 e. The lowest BCUT2D eigenvalue weighted by molar-refractivity contribution is 0.342. The Morgan fingerprint density at radius 3 is 2.83 bits per heavy atom. The van der Waals surface area contributed by atoms with Crippen LogP contribution in [-0.4, -0.2) is 11.1 Å². The Hall–Kier alpha value is -0.730. The van der Waals surface area contributed by atoms with E-state index < -0.39 is 0 Å². The zero-order valence-corrected chi connectivity index (χ0v) is 11.9. The third-order valence-electron chi connectivity index (χ3n) is 4.35. The molecule has 1 saturated carbocycles. The summed E-state index contributed by atoms with van der Waals surface area (Å²) in [5.74, 6) is 1.89. The SMILES string of the molecule is CCC1CCC(NCc2cc(Cl)ccc2O)C1C. The Morgan fingerprint density at radius 2 is 2.17 bits per heavy atom. The molecule has 0 aromatic heterocycles. The predicted octanol–water partition coefficient (Wildman–Crippen LogP) is 3.96. The van der Waals surface area contributed by atoms with E-state index in [1.54, 1.807) is 12.1 Å². The van der Waals surface area contributed by atoms with Crippen molar-refractivity contribution in [3.05, 3.63) is 28.8 Å². The minimum atomic E-state index is 0.324. The lowest BCUT2D eigenvalue weighted by atomic mass is 9.93. The van der Waals surface area contributed by atoms with Crippen LogP contribution in [0, 0.1) is 11.8 Å². The molecule has 3 heteroatoms. The number of nitrogens with one attached hydrogen (secondary N) is 1. The van der Waals surface area contributed by atoms with Crippen LogP contribution in [0.2, 0.25) is 5.02 Å². The van der Waals surface area contributed by atoms with Gasteiger partial charge in [-0.15, -0.1) is 0 Å². The van der Waals surface area contributed by atoms with Gasteiger partial charge >= 0.3 is 0 Å². The van der Waals surface area contributed by atoms with Gasteiger partial charge in [-0.1, -0.05) is 31.9 Å². The number of halogens is 1. The van der Waals surface area contributed by atoms with E-state index in [4.69, 9.17) is 11.6 Å². The highest BCUT2D eigenvalue weighted by atomic mass is 35.5. The molecule has 0 saturated heterocycles. The third kappa shape index (κ3) is 2.99. The fraction of sp³-hybridized carbons (Fsp3) is 0.600. The van der Waals surface area contributed by atoms with Crippen molar-refractivity contribution in [2.75, 3.05) is 0 Å². The fourth-order valence-electron chi connectivity index (χ4n) is 3.05. The Kier molecular flexibility index (Phi) is 4.52. The summed E-state index contributed by atoms with van der Waals surface area (Å²) in [6.07, 6.45) is 3.82. The van der Waals surface area contributed by atoms with Crippen molar-refractivity contribution in [3.8, 4) is 5.75 Å². The van der Waals surface area contributed by atoms with Gasteiger partial charge in [-0.3, -0.25) is 0 Å². The van der Waals surface area contributed by atoms with Gasteiger partial charge < -0.3 is 10.4 Å². The molecule has 0 spiro atoms. The van der Waals surface area contributed by atoms with Crippen LogP contribution in [0.25, 0.3) is 0 Å². The van der Waals surface area contributed by atoms with Gasteiger partial charge in [0.05, 0.1) is 0 Å². The van der Waals surface area contributed by atoms with Gasteiger partial charge in [0.15, 0.2) is 0 Å². The number of hydrogen-bond acceptors (Lipinski definition) is 2. The van der Waals surface area contributed by atoms with E-state index in [0.717, 1.165) is 17.4 Å². The molecule has 18 heavy (non-hydrogen) atoms.